The summed E-state index contributed by atoms with van der Waals surface area (Å²) in [5.74, 6) is -2.08. The van der Waals surface area contributed by atoms with Gasteiger partial charge in [-0.25, -0.2) is 4.90 Å². The SMILES string of the molecule is CC(=O)CC(=O)N(C(=O)CC(C)=O)c1cccc(Cl)c1. The summed E-state index contributed by atoms with van der Waals surface area (Å²) in [7, 11) is 0. The molecule has 0 saturated carbocycles. The lowest BCUT2D eigenvalue weighted by Crippen LogP contribution is -2.38. The van der Waals surface area contributed by atoms with Gasteiger partial charge in [-0.15, -0.1) is 0 Å². The Morgan fingerprint density at radius 2 is 1.50 bits per heavy atom. The van der Waals surface area contributed by atoms with Gasteiger partial charge < -0.3 is 0 Å². The van der Waals surface area contributed by atoms with Gasteiger partial charge in [0.1, 0.15) is 11.6 Å². The van der Waals surface area contributed by atoms with Crippen LogP contribution in [0.2, 0.25) is 5.02 Å². The molecule has 20 heavy (non-hydrogen) atoms. The molecule has 6 heteroatoms. The van der Waals surface area contributed by atoms with E-state index in [-0.39, 0.29) is 17.3 Å². The van der Waals surface area contributed by atoms with E-state index in [1.54, 1.807) is 12.1 Å². The third-order valence-corrected chi connectivity index (χ3v) is 2.60. The number of anilines is 1. The molecule has 0 fully saturated rings. The molecular formula is C14H14ClNO4. The lowest BCUT2D eigenvalue weighted by molar-refractivity contribution is -0.130. The Bertz CT molecular complexity index is 540. The third kappa shape index (κ3) is 4.59. The van der Waals surface area contributed by atoms with E-state index < -0.39 is 24.7 Å². The van der Waals surface area contributed by atoms with Gasteiger partial charge in [-0.1, -0.05) is 17.7 Å². The lowest BCUT2D eigenvalue weighted by Gasteiger charge is -2.20. The smallest absolute Gasteiger partial charge is 0.241 e. The number of hydrogen-bond donors (Lipinski definition) is 0. The first kappa shape index (κ1) is 16.0. The first-order valence-electron chi connectivity index (χ1n) is 5.91. The fraction of sp³-hybridized carbons (Fsp3) is 0.286. The summed E-state index contributed by atoms with van der Waals surface area (Å²) in [6.07, 6.45) is -0.813. The highest BCUT2D eigenvalue weighted by Crippen LogP contribution is 2.21. The van der Waals surface area contributed by atoms with Crippen LogP contribution in [0.25, 0.3) is 0 Å². The molecule has 1 aromatic carbocycles. The molecule has 1 aromatic rings. The highest BCUT2D eigenvalue weighted by molar-refractivity contribution is 6.31. The van der Waals surface area contributed by atoms with Gasteiger partial charge in [-0.2, -0.15) is 0 Å². The molecule has 0 aromatic heterocycles. The standard InChI is InChI=1S/C14H14ClNO4/c1-9(17)6-13(19)16(14(20)7-10(2)18)12-5-3-4-11(15)8-12/h3-5,8H,6-7H2,1-2H3. The van der Waals surface area contributed by atoms with Crippen molar-refractivity contribution < 1.29 is 19.2 Å². The third-order valence-electron chi connectivity index (χ3n) is 2.37. The van der Waals surface area contributed by atoms with E-state index in [0.717, 1.165) is 4.90 Å². The summed E-state index contributed by atoms with van der Waals surface area (Å²) in [4.78, 5) is 47.0. The number of benzene rings is 1. The Hall–Kier alpha value is -2.01. The van der Waals surface area contributed by atoms with Crippen molar-refractivity contribution in [2.75, 3.05) is 4.90 Å². The van der Waals surface area contributed by atoms with Gasteiger partial charge in [-0.3, -0.25) is 19.2 Å². The van der Waals surface area contributed by atoms with Crippen LogP contribution >= 0.6 is 11.6 Å². The zero-order chi connectivity index (χ0) is 15.3. The average Bonchev–Trinajstić information content (AvgIpc) is 2.26. The summed E-state index contributed by atoms with van der Waals surface area (Å²) in [5, 5.41) is 0.346. The van der Waals surface area contributed by atoms with Crippen molar-refractivity contribution in [1.82, 2.24) is 0 Å². The quantitative estimate of drug-likeness (QED) is 0.780. The van der Waals surface area contributed by atoms with E-state index in [1.165, 1.54) is 26.0 Å². The Kier molecular flexibility index (Phi) is 5.58. The molecule has 0 unspecified atom stereocenters. The number of hydrogen-bond acceptors (Lipinski definition) is 4. The number of nitrogens with zero attached hydrogens (tertiary/aromatic N) is 1. The minimum absolute atomic E-state index is 0.245. The van der Waals surface area contributed by atoms with Gasteiger partial charge in [0.05, 0.1) is 18.5 Å². The highest BCUT2D eigenvalue weighted by atomic mass is 35.5. The van der Waals surface area contributed by atoms with Crippen molar-refractivity contribution in [3.8, 4) is 0 Å². The van der Waals surface area contributed by atoms with Gasteiger partial charge in [-0.05, 0) is 32.0 Å². The number of Topliss-reactive ketones (excluding diaryl/α,β-unsaturated/α-hetero) is 2. The molecule has 0 radical (unpaired) electrons. The van der Waals surface area contributed by atoms with Crippen LogP contribution in [0.3, 0.4) is 0 Å². The van der Waals surface area contributed by atoms with Crippen LogP contribution in [0.1, 0.15) is 26.7 Å². The maximum atomic E-state index is 12.0. The van der Waals surface area contributed by atoms with Crippen molar-refractivity contribution in [2.24, 2.45) is 0 Å². The molecule has 2 amide bonds. The van der Waals surface area contributed by atoms with Crippen LogP contribution in [0.15, 0.2) is 24.3 Å². The van der Waals surface area contributed by atoms with Gasteiger partial charge in [0, 0.05) is 5.02 Å². The van der Waals surface area contributed by atoms with E-state index >= 15 is 0 Å². The molecule has 0 aliphatic carbocycles. The molecule has 0 N–H and O–H groups in total. The van der Waals surface area contributed by atoms with Crippen molar-refractivity contribution in [2.45, 2.75) is 26.7 Å². The second-order valence-corrected chi connectivity index (χ2v) is 4.80. The summed E-state index contributed by atoms with van der Waals surface area (Å²) in [6.45, 7) is 2.51. The Morgan fingerprint density at radius 1 is 1.00 bits per heavy atom. The fourth-order valence-electron chi connectivity index (χ4n) is 1.63. The van der Waals surface area contributed by atoms with Crippen molar-refractivity contribution >= 4 is 40.7 Å². The minimum Gasteiger partial charge on any atom is -0.299 e. The fourth-order valence-corrected chi connectivity index (χ4v) is 1.81. The molecule has 0 aliphatic rings. The monoisotopic (exact) mass is 295 g/mol. The number of imide groups is 1. The second kappa shape index (κ2) is 6.96. The molecule has 1 rings (SSSR count). The first-order valence-corrected chi connectivity index (χ1v) is 6.29. The minimum atomic E-state index is -0.675. The number of amides is 2. The molecule has 0 saturated heterocycles. The highest BCUT2D eigenvalue weighted by Gasteiger charge is 2.25. The van der Waals surface area contributed by atoms with Crippen LogP contribution in [0.5, 0.6) is 0 Å². The normalized spacial score (nSPS) is 9.95. The van der Waals surface area contributed by atoms with E-state index in [4.69, 9.17) is 11.6 Å². The zero-order valence-electron chi connectivity index (χ0n) is 11.2. The Morgan fingerprint density at radius 3 is 1.90 bits per heavy atom. The molecule has 0 spiro atoms. The molecule has 0 bridgehead atoms. The lowest BCUT2D eigenvalue weighted by atomic mass is 10.2. The molecule has 5 nitrogen and oxygen atoms in total. The molecular weight excluding hydrogens is 282 g/mol. The Labute approximate surface area is 121 Å². The summed E-state index contributed by atoms with van der Waals surface area (Å²) < 4.78 is 0. The molecule has 106 valence electrons. The Balaban J connectivity index is 3.13. The van der Waals surface area contributed by atoms with Crippen molar-refractivity contribution in [3.63, 3.8) is 0 Å². The number of halogens is 1. The van der Waals surface area contributed by atoms with Crippen LogP contribution in [-0.4, -0.2) is 23.4 Å². The van der Waals surface area contributed by atoms with Gasteiger partial charge in [0.15, 0.2) is 0 Å². The van der Waals surface area contributed by atoms with Crippen LogP contribution in [0, 0.1) is 0 Å². The average molecular weight is 296 g/mol. The predicted octanol–water partition coefficient (Wildman–Crippen LogP) is 2.16. The van der Waals surface area contributed by atoms with E-state index in [0.29, 0.717) is 5.02 Å². The topological polar surface area (TPSA) is 71.5 Å². The number of carbonyl (C=O) groups excluding carboxylic acids is 4. The molecule has 0 aliphatic heterocycles. The van der Waals surface area contributed by atoms with Gasteiger partial charge in [0.25, 0.3) is 0 Å². The maximum Gasteiger partial charge on any atom is 0.241 e. The van der Waals surface area contributed by atoms with Crippen molar-refractivity contribution in [3.05, 3.63) is 29.3 Å². The molecule has 0 atom stereocenters. The maximum absolute atomic E-state index is 12.0. The summed E-state index contributed by atoms with van der Waals surface area (Å²) in [6, 6.07) is 6.11. The van der Waals surface area contributed by atoms with E-state index in [9.17, 15) is 19.2 Å². The van der Waals surface area contributed by atoms with Crippen LogP contribution in [0.4, 0.5) is 5.69 Å². The largest absolute Gasteiger partial charge is 0.299 e. The number of rotatable bonds is 5. The van der Waals surface area contributed by atoms with E-state index in [2.05, 4.69) is 0 Å². The summed E-state index contributed by atoms with van der Waals surface area (Å²) >= 11 is 5.83. The zero-order valence-corrected chi connectivity index (χ0v) is 11.9. The van der Waals surface area contributed by atoms with Gasteiger partial charge >= 0.3 is 0 Å². The van der Waals surface area contributed by atoms with E-state index in [1.807, 2.05) is 0 Å². The first-order chi connectivity index (χ1) is 9.31. The predicted molar refractivity (Wildman–Crippen MR) is 74.5 cm³/mol. The van der Waals surface area contributed by atoms with Gasteiger partial charge in [0.2, 0.25) is 11.8 Å². The van der Waals surface area contributed by atoms with Crippen molar-refractivity contribution in [1.29, 1.82) is 0 Å². The number of ketones is 2. The van der Waals surface area contributed by atoms with Crippen LogP contribution < -0.4 is 4.90 Å². The number of carbonyl (C=O) groups is 4. The van der Waals surface area contributed by atoms with Crippen LogP contribution in [-0.2, 0) is 19.2 Å². The second-order valence-electron chi connectivity index (χ2n) is 4.36. The molecule has 0 heterocycles. The summed E-state index contributed by atoms with van der Waals surface area (Å²) in [5.41, 5.74) is 0.245.